The summed E-state index contributed by atoms with van der Waals surface area (Å²) >= 11 is 0. The molecule has 0 spiro atoms. The highest BCUT2D eigenvalue weighted by Crippen LogP contribution is 2.19. The molecule has 1 heterocycles. The zero-order chi connectivity index (χ0) is 11.4. The predicted molar refractivity (Wildman–Crippen MR) is 58.1 cm³/mol. The van der Waals surface area contributed by atoms with Crippen LogP contribution < -0.4 is 5.32 Å². The van der Waals surface area contributed by atoms with Crippen molar-refractivity contribution in [1.29, 1.82) is 5.26 Å². The van der Waals surface area contributed by atoms with Crippen LogP contribution in [0, 0.1) is 11.3 Å². The van der Waals surface area contributed by atoms with Crippen molar-refractivity contribution < 1.29 is 4.79 Å². The van der Waals surface area contributed by atoms with Crippen molar-refractivity contribution in [2.24, 2.45) is 0 Å². The highest BCUT2D eigenvalue weighted by Gasteiger charge is 2.31. The van der Waals surface area contributed by atoms with Crippen molar-refractivity contribution in [1.82, 2.24) is 10.2 Å². The summed E-state index contributed by atoms with van der Waals surface area (Å²) in [5.41, 5.74) is 0. The fourth-order valence-corrected chi connectivity index (χ4v) is 1.95. The van der Waals surface area contributed by atoms with E-state index in [4.69, 9.17) is 5.26 Å². The van der Waals surface area contributed by atoms with Crippen molar-refractivity contribution >= 4 is 5.91 Å². The average Bonchev–Trinajstić information content (AvgIpc) is 2.62. The van der Waals surface area contributed by atoms with Crippen molar-refractivity contribution in [3.63, 3.8) is 0 Å². The fourth-order valence-electron chi connectivity index (χ4n) is 1.95. The van der Waals surface area contributed by atoms with Gasteiger partial charge in [0.05, 0.1) is 18.2 Å². The van der Waals surface area contributed by atoms with E-state index < -0.39 is 0 Å². The van der Waals surface area contributed by atoms with E-state index in [9.17, 15) is 4.79 Å². The van der Waals surface area contributed by atoms with Crippen LogP contribution >= 0.6 is 0 Å². The minimum Gasteiger partial charge on any atom is -0.353 e. The molecule has 0 bridgehead atoms. The Balaban J connectivity index is 2.56. The number of hydrogen-bond donors (Lipinski definition) is 1. The van der Waals surface area contributed by atoms with Gasteiger partial charge in [0.15, 0.2) is 0 Å². The van der Waals surface area contributed by atoms with E-state index in [2.05, 4.69) is 11.4 Å². The van der Waals surface area contributed by atoms with Gasteiger partial charge in [-0.25, -0.2) is 0 Å². The van der Waals surface area contributed by atoms with E-state index in [0.717, 1.165) is 19.4 Å². The van der Waals surface area contributed by atoms with Gasteiger partial charge in [-0.05, 0) is 33.6 Å². The Morgan fingerprint density at radius 3 is 2.73 bits per heavy atom. The maximum Gasteiger partial charge on any atom is 0.237 e. The third-order valence-corrected chi connectivity index (χ3v) is 2.75. The Morgan fingerprint density at radius 1 is 1.53 bits per heavy atom. The molecule has 1 aliphatic rings. The van der Waals surface area contributed by atoms with E-state index in [1.54, 1.807) is 0 Å². The summed E-state index contributed by atoms with van der Waals surface area (Å²) in [6.07, 6.45) is 1.90. The maximum atomic E-state index is 11.7. The standard InChI is InChI=1S/C11H19N3O/c1-8(2)13-11(15)9(3)14-6-4-5-10(14)7-12/h8-10H,4-6H2,1-3H3,(H,13,15). The predicted octanol–water partition coefficient (Wildman–Crippen LogP) is 0.887. The zero-order valence-electron chi connectivity index (χ0n) is 9.66. The lowest BCUT2D eigenvalue weighted by Crippen LogP contribution is -2.48. The molecule has 0 aliphatic carbocycles. The van der Waals surface area contributed by atoms with Gasteiger partial charge < -0.3 is 5.32 Å². The van der Waals surface area contributed by atoms with E-state index in [1.165, 1.54) is 0 Å². The largest absolute Gasteiger partial charge is 0.353 e. The van der Waals surface area contributed by atoms with Gasteiger partial charge in [0.1, 0.15) is 0 Å². The number of rotatable bonds is 3. The molecule has 2 unspecified atom stereocenters. The van der Waals surface area contributed by atoms with Crippen LogP contribution in [0.15, 0.2) is 0 Å². The van der Waals surface area contributed by atoms with Crippen LogP contribution in [-0.4, -0.2) is 35.5 Å². The Kier molecular flexibility index (Phi) is 4.10. The van der Waals surface area contributed by atoms with Crippen LogP contribution in [0.25, 0.3) is 0 Å². The third-order valence-electron chi connectivity index (χ3n) is 2.75. The molecule has 1 fully saturated rings. The molecule has 0 aromatic carbocycles. The lowest BCUT2D eigenvalue weighted by atomic mass is 10.2. The van der Waals surface area contributed by atoms with E-state index in [1.807, 2.05) is 25.7 Å². The summed E-state index contributed by atoms with van der Waals surface area (Å²) in [6.45, 7) is 6.60. The van der Waals surface area contributed by atoms with Gasteiger partial charge in [-0.2, -0.15) is 5.26 Å². The van der Waals surface area contributed by atoms with Gasteiger partial charge in [0.25, 0.3) is 0 Å². The van der Waals surface area contributed by atoms with E-state index >= 15 is 0 Å². The molecule has 1 aliphatic heterocycles. The number of nitrogens with zero attached hydrogens (tertiary/aromatic N) is 2. The van der Waals surface area contributed by atoms with Crippen LogP contribution in [0.1, 0.15) is 33.6 Å². The normalized spacial score (nSPS) is 23.8. The second-order valence-corrected chi connectivity index (χ2v) is 4.36. The Labute approximate surface area is 91.2 Å². The molecule has 84 valence electrons. The first kappa shape index (κ1) is 12.0. The van der Waals surface area contributed by atoms with E-state index in [-0.39, 0.29) is 24.0 Å². The summed E-state index contributed by atoms with van der Waals surface area (Å²) in [4.78, 5) is 13.7. The fraction of sp³-hybridized carbons (Fsp3) is 0.818. The molecular weight excluding hydrogens is 190 g/mol. The smallest absolute Gasteiger partial charge is 0.237 e. The summed E-state index contributed by atoms with van der Waals surface area (Å²) in [6, 6.07) is 2.12. The van der Waals surface area contributed by atoms with Gasteiger partial charge in [-0.3, -0.25) is 9.69 Å². The van der Waals surface area contributed by atoms with Crippen LogP contribution in [0.2, 0.25) is 0 Å². The second-order valence-electron chi connectivity index (χ2n) is 4.36. The lowest BCUT2D eigenvalue weighted by molar-refractivity contribution is -0.126. The topological polar surface area (TPSA) is 56.1 Å². The number of carbonyl (C=O) groups is 1. The van der Waals surface area contributed by atoms with Gasteiger partial charge in [-0.1, -0.05) is 0 Å². The Hall–Kier alpha value is -1.08. The molecular formula is C11H19N3O. The van der Waals surface area contributed by atoms with Crippen LogP contribution in [0.3, 0.4) is 0 Å². The SMILES string of the molecule is CC(C)NC(=O)C(C)N1CCCC1C#N. The highest BCUT2D eigenvalue weighted by atomic mass is 16.2. The first-order valence-electron chi connectivity index (χ1n) is 5.52. The first-order valence-corrected chi connectivity index (χ1v) is 5.52. The molecule has 2 atom stereocenters. The minimum atomic E-state index is -0.195. The number of nitrogens with one attached hydrogen (secondary N) is 1. The summed E-state index contributed by atoms with van der Waals surface area (Å²) in [7, 11) is 0. The third kappa shape index (κ3) is 2.93. The Bertz CT molecular complexity index is 269. The molecule has 0 aromatic heterocycles. The van der Waals surface area contributed by atoms with Crippen LogP contribution in [0.4, 0.5) is 0 Å². The highest BCUT2D eigenvalue weighted by molar-refractivity contribution is 5.81. The summed E-state index contributed by atoms with van der Waals surface area (Å²) in [5.74, 6) is 0.0205. The van der Waals surface area contributed by atoms with Crippen molar-refractivity contribution in [2.75, 3.05) is 6.54 Å². The number of carbonyl (C=O) groups excluding carboxylic acids is 1. The first-order chi connectivity index (χ1) is 7.06. The van der Waals surface area contributed by atoms with Crippen molar-refractivity contribution in [2.45, 2.75) is 51.7 Å². The molecule has 1 saturated heterocycles. The van der Waals surface area contributed by atoms with Gasteiger partial charge in [0, 0.05) is 12.6 Å². The molecule has 4 heteroatoms. The second kappa shape index (κ2) is 5.13. The maximum absolute atomic E-state index is 11.7. The molecule has 0 radical (unpaired) electrons. The number of amides is 1. The number of nitriles is 1. The molecule has 0 saturated carbocycles. The summed E-state index contributed by atoms with van der Waals surface area (Å²) in [5, 5.41) is 11.8. The zero-order valence-corrected chi connectivity index (χ0v) is 9.66. The summed E-state index contributed by atoms with van der Waals surface area (Å²) < 4.78 is 0. The molecule has 1 N–H and O–H groups in total. The van der Waals surface area contributed by atoms with Crippen molar-refractivity contribution in [3.8, 4) is 6.07 Å². The number of likely N-dealkylation sites (tertiary alicyclic amines) is 1. The van der Waals surface area contributed by atoms with Gasteiger partial charge in [-0.15, -0.1) is 0 Å². The monoisotopic (exact) mass is 209 g/mol. The average molecular weight is 209 g/mol. The van der Waals surface area contributed by atoms with E-state index in [0.29, 0.717) is 0 Å². The molecule has 0 aromatic rings. The van der Waals surface area contributed by atoms with Gasteiger partial charge >= 0.3 is 0 Å². The quantitative estimate of drug-likeness (QED) is 0.751. The number of hydrogen-bond acceptors (Lipinski definition) is 3. The van der Waals surface area contributed by atoms with Crippen LogP contribution in [-0.2, 0) is 4.79 Å². The lowest BCUT2D eigenvalue weighted by Gasteiger charge is -2.26. The molecule has 4 nitrogen and oxygen atoms in total. The molecule has 15 heavy (non-hydrogen) atoms. The van der Waals surface area contributed by atoms with Crippen LogP contribution in [0.5, 0.6) is 0 Å². The van der Waals surface area contributed by atoms with Crippen molar-refractivity contribution in [3.05, 3.63) is 0 Å². The molecule has 1 amide bonds. The Morgan fingerprint density at radius 2 is 2.20 bits per heavy atom. The molecule has 1 rings (SSSR count). The minimum absolute atomic E-state index is 0.0205. The van der Waals surface area contributed by atoms with Gasteiger partial charge in [0.2, 0.25) is 5.91 Å².